The van der Waals surface area contributed by atoms with Crippen LogP contribution in [0.4, 0.5) is 48.6 Å². The van der Waals surface area contributed by atoms with Crippen molar-refractivity contribution in [3.05, 3.63) is 173 Å². The minimum atomic E-state index is -4.47. The molecule has 3 aliphatic heterocycles. The van der Waals surface area contributed by atoms with Crippen LogP contribution in [-0.4, -0.2) is 148 Å². The number of carbonyl (C=O) groups excluding carboxylic acids is 3. The molecule has 8 aromatic rings. The molecule has 576 valence electrons. The average molecular weight is 1560 g/mol. The van der Waals surface area contributed by atoms with Gasteiger partial charge in [-0.05, 0) is 184 Å². The van der Waals surface area contributed by atoms with Gasteiger partial charge in [0.15, 0.2) is 21.7 Å². The van der Waals surface area contributed by atoms with E-state index in [-0.39, 0.29) is 132 Å². The van der Waals surface area contributed by atoms with Gasteiger partial charge in [-0.2, -0.15) is 43.2 Å². The Hall–Kier alpha value is -9.56. The maximum atomic E-state index is 13.8. The number of halogens is 7. The third-order valence-electron chi connectivity index (χ3n) is 20.4. The molecule has 108 heavy (non-hydrogen) atoms. The molecule has 9 heterocycles. The predicted molar refractivity (Wildman–Crippen MR) is 390 cm³/mol. The van der Waals surface area contributed by atoms with E-state index in [0.717, 1.165) is 36.8 Å². The maximum absolute atomic E-state index is 13.8. The largest absolute Gasteiger partial charge is 0.477 e. The number of amides is 3. The van der Waals surface area contributed by atoms with Gasteiger partial charge in [-0.15, -0.1) is 10.2 Å². The standard InChI is InChI=1S/C40H47ClF3N7O6S.C35H38F3N7O4S/c1-37(2,3)57-36(53)50-25-26(23-38(50,4)5)22-28(27-10-7-6-8-11-27)24-45-30-12-9-13-33(46-30)58(54,55)49-35(52)29-14-15-31(47-34(29)41)51-20-16-32(48-51)56-21-19-39(17-18-39)40(42,43)44;1-33(2)20-23-19-25(24-7-4-3-5-8-24)21-39-27-9-6-10-30(40-27)50(47,48)43-32(46)26-11-12-28(41-31(26)44(33)22-23)45-17-13-29(42-45)49-18-16-34(14-15-34)35(36,37)38/h6-16,20,26,28H,17-19,21-25H2,1-5H3,(H,45,46)(H,49,52);3-13,17,23,25H,14-16,18-22H2,1-2H3,(H,39,40)(H,43,46). The lowest BCUT2D eigenvalue weighted by Crippen LogP contribution is -2.45. The fraction of sp³-hybridized carbons (Fsp3) is 0.453. The second kappa shape index (κ2) is 30.5. The highest BCUT2D eigenvalue weighted by Crippen LogP contribution is 2.61. The van der Waals surface area contributed by atoms with E-state index < -0.39 is 76.7 Å². The fourth-order valence-corrected chi connectivity index (χ4v) is 16.4. The van der Waals surface area contributed by atoms with E-state index in [1.54, 1.807) is 29.3 Å². The minimum Gasteiger partial charge on any atom is -0.477 e. The number of carbonyl (C=O) groups is 3. The summed E-state index contributed by atoms with van der Waals surface area (Å²) < 4.78 is 157. The fourth-order valence-electron chi connectivity index (χ4n) is 14.3. The Morgan fingerprint density at radius 1 is 0.704 bits per heavy atom. The molecule has 4 atom stereocenters. The smallest absolute Gasteiger partial charge is 0.410 e. The van der Waals surface area contributed by atoms with Gasteiger partial charge in [-0.25, -0.2) is 43.5 Å². The summed E-state index contributed by atoms with van der Waals surface area (Å²) >= 11 is 6.31. The molecular weight excluding hydrogens is 1470 g/mol. The van der Waals surface area contributed by atoms with E-state index in [0.29, 0.717) is 37.8 Å². The zero-order valence-electron chi connectivity index (χ0n) is 60.5. The van der Waals surface area contributed by atoms with Crippen molar-refractivity contribution in [1.82, 2.24) is 53.8 Å². The molecule has 4 fully saturated rings. The number of benzene rings is 2. The Kier molecular flexibility index (Phi) is 22.0. The van der Waals surface area contributed by atoms with Gasteiger partial charge >= 0.3 is 18.4 Å². The lowest BCUT2D eigenvalue weighted by atomic mass is 9.85. The molecule has 3 amide bonds. The van der Waals surface area contributed by atoms with Gasteiger partial charge in [0.1, 0.15) is 28.2 Å². The summed E-state index contributed by atoms with van der Waals surface area (Å²) in [5.74, 6) is 0.157. The van der Waals surface area contributed by atoms with Gasteiger partial charge in [0.2, 0.25) is 11.8 Å². The summed E-state index contributed by atoms with van der Waals surface area (Å²) in [4.78, 5) is 61.5. The molecule has 6 aromatic heterocycles. The highest BCUT2D eigenvalue weighted by Gasteiger charge is 2.63. The Bertz CT molecular complexity index is 4830. The normalized spacial score (nSPS) is 20.0. The van der Waals surface area contributed by atoms with E-state index in [4.69, 9.17) is 30.8 Å². The predicted octanol–water partition coefficient (Wildman–Crippen LogP) is 14.3. The highest BCUT2D eigenvalue weighted by molar-refractivity contribution is 7.90. The number of hydrogen-bond donors (Lipinski definition) is 4. The third kappa shape index (κ3) is 18.2. The van der Waals surface area contributed by atoms with Crippen LogP contribution < -0.4 is 34.5 Å². The quantitative estimate of drug-likeness (QED) is 0.0407. The first kappa shape index (κ1) is 78.0. The van der Waals surface area contributed by atoms with E-state index in [9.17, 15) is 57.6 Å². The van der Waals surface area contributed by atoms with Crippen molar-refractivity contribution in [3.63, 3.8) is 0 Å². The Labute approximate surface area is 627 Å². The summed E-state index contributed by atoms with van der Waals surface area (Å²) in [6, 6.07) is 37.7. The summed E-state index contributed by atoms with van der Waals surface area (Å²) in [6.45, 7) is 15.5. The molecular formula is C75H85ClF6N14O10S2. The van der Waals surface area contributed by atoms with Crippen molar-refractivity contribution >= 4 is 67.0 Å². The molecule has 2 aromatic carbocycles. The second-order valence-electron chi connectivity index (χ2n) is 30.5. The summed E-state index contributed by atoms with van der Waals surface area (Å²) in [6.07, 6.45) is -2.71. The molecule has 2 saturated carbocycles. The van der Waals surface area contributed by atoms with Gasteiger partial charge in [-0.1, -0.05) is 84.4 Å². The number of anilines is 3. The zero-order chi connectivity index (χ0) is 77.4. The second-order valence-corrected chi connectivity index (χ2v) is 34.1. The monoisotopic (exact) mass is 1550 g/mol. The maximum Gasteiger partial charge on any atom is 0.410 e. The van der Waals surface area contributed by atoms with E-state index >= 15 is 0 Å². The third-order valence-corrected chi connectivity index (χ3v) is 23.2. The number of fused-ring (bicyclic) bond motifs is 6. The molecule has 0 spiro atoms. The Balaban J connectivity index is 0.000000204. The van der Waals surface area contributed by atoms with Crippen LogP contribution in [0.1, 0.15) is 156 Å². The van der Waals surface area contributed by atoms with Crippen LogP contribution in [0, 0.1) is 22.7 Å². The molecule has 4 bridgehead atoms. The first-order valence-corrected chi connectivity index (χ1v) is 38.9. The number of hydrogen-bond acceptors (Lipinski definition) is 19. The number of pyridine rings is 4. The molecule has 24 nitrogen and oxygen atoms in total. The SMILES string of the molecule is CC(C)(C)OC(=O)N1CC(CC(CNc2cccc(S(=O)(=O)NC(=O)c3ccc(-n4ccc(OCCC5(C(F)(F)F)CC5)n4)nc3Cl)n2)c2ccccc2)CC1(C)C.CC1(C)CC2CC(c3ccccc3)CNc3cccc(n3)S(=O)(=O)NC(=O)c3ccc(-n4ccc(OCCC5(C(F)(F)F)CC5)n4)nc3N1C2. The van der Waals surface area contributed by atoms with Crippen molar-refractivity contribution in [2.45, 2.75) is 164 Å². The van der Waals surface area contributed by atoms with Crippen LogP contribution >= 0.6 is 11.6 Å². The molecule has 2 saturated heterocycles. The summed E-state index contributed by atoms with van der Waals surface area (Å²) in [5, 5.41) is 14.1. The summed E-state index contributed by atoms with van der Waals surface area (Å²) in [7, 11) is -8.84. The van der Waals surface area contributed by atoms with Crippen LogP contribution in [0.2, 0.25) is 5.15 Å². The number of aromatic nitrogens is 8. The number of nitrogens with one attached hydrogen (secondary N) is 4. The number of likely N-dealkylation sites (tertiary alicyclic amines) is 1. The summed E-state index contributed by atoms with van der Waals surface area (Å²) in [5.41, 5.74) is -2.81. The van der Waals surface area contributed by atoms with Crippen molar-refractivity contribution < 1.29 is 71.8 Å². The molecule has 33 heteroatoms. The van der Waals surface area contributed by atoms with Gasteiger partial charge in [0, 0.05) is 73.6 Å². The van der Waals surface area contributed by atoms with Crippen molar-refractivity contribution in [2.24, 2.45) is 22.7 Å². The highest BCUT2D eigenvalue weighted by atomic mass is 35.5. The van der Waals surface area contributed by atoms with Crippen LogP contribution in [0.15, 0.2) is 156 Å². The molecule has 5 aliphatic rings. The lowest BCUT2D eigenvalue weighted by Gasteiger charge is -2.34. The van der Waals surface area contributed by atoms with E-state index in [2.05, 4.69) is 66.5 Å². The minimum absolute atomic E-state index is 0.0149. The van der Waals surface area contributed by atoms with Crippen LogP contribution in [-0.2, 0) is 24.8 Å². The number of rotatable bonds is 20. The molecule has 4 unspecified atom stereocenters. The molecule has 4 N–H and O–H groups in total. The Morgan fingerprint density at radius 2 is 1.31 bits per heavy atom. The van der Waals surface area contributed by atoms with Gasteiger partial charge in [-0.3, -0.25) is 9.59 Å². The van der Waals surface area contributed by atoms with Crippen LogP contribution in [0.25, 0.3) is 11.6 Å². The molecule has 2 aliphatic carbocycles. The number of ether oxygens (including phenoxy) is 3. The average Bonchev–Trinajstić information content (AvgIpc) is 1.58. The number of nitrogens with zero attached hydrogens (tertiary/aromatic N) is 10. The number of sulfonamides is 2. The Morgan fingerprint density at radius 3 is 1.91 bits per heavy atom. The molecule has 13 rings (SSSR count). The van der Waals surface area contributed by atoms with Crippen molar-refractivity contribution in [2.75, 3.05) is 54.9 Å². The van der Waals surface area contributed by atoms with Crippen molar-refractivity contribution in [3.8, 4) is 23.4 Å². The topological polar surface area (TPSA) is 289 Å². The van der Waals surface area contributed by atoms with Crippen molar-refractivity contribution in [1.29, 1.82) is 0 Å². The van der Waals surface area contributed by atoms with Gasteiger partial charge in [0.25, 0.3) is 31.9 Å². The number of alkyl halides is 6. The van der Waals surface area contributed by atoms with Crippen LogP contribution in [0.3, 0.4) is 0 Å². The first-order valence-electron chi connectivity index (χ1n) is 35.5. The lowest BCUT2D eigenvalue weighted by molar-refractivity contribution is -0.190. The van der Waals surface area contributed by atoms with Gasteiger partial charge in [0.05, 0.1) is 35.2 Å². The van der Waals surface area contributed by atoms with Crippen LogP contribution in [0.5, 0.6) is 11.8 Å². The van der Waals surface area contributed by atoms with E-state index in [1.807, 2.05) is 92.8 Å². The zero-order valence-corrected chi connectivity index (χ0v) is 62.9. The van der Waals surface area contributed by atoms with Gasteiger partial charge < -0.3 is 34.6 Å². The molecule has 0 radical (unpaired) electrons. The van der Waals surface area contributed by atoms with E-state index in [1.165, 1.54) is 70.2 Å². The first-order chi connectivity index (χ1) is 50.9.